The van der Waals surface area contributed by atoms with E-state index in [0.29, 0.717) is 12.1 Å². The first-order valence-electron chi connectivity index (χ1n) is 7.55. The van der Waals surface area contributed by atoms with Crippen LogP contribution in [0.1, 0.15) is 16.9 Å². The van der Waals surface area contributed by atoms with Gasteiger partial charge in [-0.05, 0) is 41.6 Å². The molecule has 2 N–H and O–H groups in total. The molecule has 0 saturated carbocycles. The van der Waals surface area contributed by atoms with E-state index in [1.165, 1.54) is 6.08 Å². The molecule has 3 rings (SSSR count). The number of benzene rings is 1. The van der Waals surface area contributed by atoms with Gasteiger partial charge in [-0.25, -0.2) is 0 Å². The fourth-order valence-corrected chi connectivity index (χ4v) is 3.13. The van der Waals surface area contributed by atoms with Gasteiger partial charge in [0.15, 0.2) is 0 Å². The number of carbonyl (C=O) groups is 3. The van der Waals surface area contributed by atoms with Crippen molar-refractivity contribution >= 4 is 40.8 Å². The third-order valence-electron chi connectivity index (χ3n) is 3.71. The van der Waals surface area contributed by atoms with Crippen molar-refractivity contribution in [2.24, 2.45) is 5.92 Å². The first-order chi connectivity index (χ1) is 11.6. The summed E-state index contributed by atoms with van der Waals surface area (Å²) in [6.45, 7) is 0. The van der Waals surface area contributed by atoms with Gasteiger partial charge in [0.25, 0.3) is 0 Å². The summed E-state index contributed by atoms with van der Waals surface area (Å²) < 4.78 is 0. The molecule has 2 heterocycles. The second-order valence-corrected chi connectivity index (χ2v) is 6.53. The van der Waals surface area contributed by atoms with Gasteiger partial charge in [-0.15, -0.1) is 11.3 Å². The van der Waals surface area contributed by atoms with Gasteiger partial charge >= 0.3 is 0 Å². The summed E-state index contributed by atoms with van der Waals surface area (Å²) in [6.07, 6.45) is 4.02. The molecule has 6 heteroatoms. The maximum atomic E-state index is 11.9. The lowest BCUT2D eigenvalue weighted by atomic mass is 9.98. The van der Waals surface area contributed by atoms with Crippen molar-refractivity contribution in [3.8, 4) is 0 Å². The highest BCUT2D eigenvalue weighted by Gasteiger charge is 2.30. The predicted molar refractivity (Wildman–Crippen MR) is 93.4 cm³/mol. The molecule has 0 radical (unpaired) electrons. The van der Waals surface area contributed by atoms with Gasteiger partial charge in [0.1, 0.15) is 0 Å². The number of nitrogens with one attached hydrogen (secondary N) is 2. The van der Waals surface area contributed by atoms with Crippen LogP contribution >= 0.6 is 11.3 Å². The zero-order valence-electron chi connectivity index (χ0n) is 12.8. The standard InChI is InChI=1S/C18H16N2O3S/c21-16(8-7-15-2-1-9-24-15)19-14-5-3-12(4-6-14)10-13-11-17(22)20-18(13)23/h1-9,13H,10-11H2,(H,19,21)(H,20,22,23). The lowest BCUT2D eigenvalue weighted by Gasteiger charge is -2.07. The van der Waals surface area contributed by atoms with E-state index in [-0.39, 0.29) is 30.1 Å². The van der Waals surface area contributed by atoms with Crippen molar-refractivity contribution in [2.45, 2.75) is 12.8 Å². The van der Waals surface area contributed by atoms with Crippen LogP contribution in [-0.2, 0) is 20.8 Å². The lowest BCUT2D eigenvalue weighted by molar-refractivity contribution is -0.125. The van der Waals surface area contributed by atoms with Crippen molar-refractivity contribution in [2.75, 3.05) is 5.32 Å². The summed E-state index contributed by atoms with van der Waals surface area (Å²) in [7, 11) is 0. The van der Waals surface area contributed by atoms with Crippen LogP contribution < -0.4 is 10.6 Å². The Balaban J connectivity index is 1.55. The van der Waals surface area contributed by atoms with E-state index in [9.17, 15) is 14.4 Å². The number of imide groups is 1. The summed E-state index contributed by atoms with van der Waals surface area (Å²) in [5, 5.41) is 7.05. The molecule has 1 unspecified atom stereocenters. The fraction of sp³-hybridized carbons (Fsp3) is 0.167. The van der Waals surface area contributed by atoms with Gasteiger partial charge in [0, 0.05) is 23.1 Å². The maximum absolute atomic E-state index is 11.9. The molecule has 1 aliphatic heterocycles. The Hall–Kier alpha value is -2.73. The van der Waals surface area contributed by atoms with E-state index in [0.717, 1.165) is 10.4 Å². The molecule has 1 aromatic carbocycles. The minimum absolute atomic E-state index is 0.197. The molecule has 122 valence electrons. The Labute approximate surface area is 143 Å². The summed E-state index contributed by atoms with van der Waals surface area (Å²) in [6, 6.07) is 11.2. The number of amides is 3. The van der Waals surface area contributed by atoms with Crippen molar-refractivity contribution in [3.05, 3.63) is 58.3 Å². The van der Waals surface area contributed by atoms with Crippen molar-refractivity contribution in [1.29, 1.82) is 0 Å². The molecule has 24 heavy (non-hydrogen) atoms. The van der Waals surface area contributed by atoms with Crippen LogP contribution in [0.15, 0.2) is 47.9 Å². The van der Waals surface area contributed by atoms with Gasteiger partial charge in [-0.1, -0.05) is 18.2 Å². The summed E-state index contributed by atoms with van der Waals surface area (Å²) in [5.41, 5.74) is 1.64. The van der Waals surface area contributed by atoms with Gasteiger partial charge in [0.2, 0.25) is 17.7 Å². The molecule has 5 nitrogen and oxygen atoms in total. The van der Waals surface area contributed by atoms with Crippen molar-refractivity contribution < 1.29 is 14.4 Å². The molecule has 3 amide bonds. The molecular formula is C18H16N2O3S. The highest BCUT2D eigenvalue weighted by Crippen LogP contribution is 2.19. The van der Waals surface area contributed by atoms with Gasteiger partial charge in [-0.3, -0.25) is 19.7 Å². The molecule has 1 aromatic heterocycles. The molecule has 0 aliphatic carbocycles. The average Bonchev–Trinajstić information content (AvgIpc) is 3.17. The SMILES string of the molecule is O=C(C=Cc1cccs1)Nc1ccc(CC2CC(=O)NC2=O)cc1. The zero-order valence-corrected chi connectivity index (χ0v) is 13.6. The van der Waals surface area contributed by atoms with E-state index in [2.05, 4.69) is 10.6 Å². The van der Waals surface area contributed by atoms with E-state index >= 15 is 0 Å². The van der Waals surface area contributed by atoms with Gasteiger partial charge < -0.3 is 5.32 Å². The van der Waals surface area contributed by atoms with Crippen LogP contribution in [0.5, 0.6) is 0 Å². The Morgan fingerprint density at radius 3 is 2.67 bits per heavy atom. The Kier molecular flexibility index (Phi) is 4.86. The van der Waals surface area contributed by atoms with Crippen LogP contribution in [0.2, 0.25) is 0 Å². The summed E-state index contributed by atoms with van der Waals surface area (Å²) in [5.74, 6) is -0.925. The van der Waals surface area contributed by atoms with Crippen LogP contribution in [0.3, 0.4) is 0 Å². The quantitative estimate of drug-likeness (QED) is 0.649. The normalized spacial score (nSPS) is 17.2. The van der Waals surface area contributed by atoms with E-state index in [1.807, 2.05) is 29.6 Å². The monoisotopic (exact) mass is 340 g/mol. The molecule has 0 spiro atoms. The zero-order chi connectivity index (χ0) is 16.9. The maximum Gasteiger partial charge on any atom is 0.248 e. The molecular weight excluding hydrogens is 324 g/mol. The van der Waals surface area contributed by atoms with Crippen LogP contribution in [-0.4, -0.2) is 17.7 Å². The van der Waals surface area contributed by atoms with E-state index < -0.39 is 0 Å². The lowest BCUT2D eigenvalue weighted by Crippen LogP contribution is -2.22. The summed E-state index contributed by atoms with van der Waals surface area (Å²) >= 11 is 1.57. The first kappa shape index (κ1) is 16.1. The third-order valence-corrected chi connectivity index (χ3v) is 4.55. The number of hydrogen-bond donors (Lipinski definition) is 2. The molecule has 0 bridgehead atoms. The van der Waals surface area contributed by atoms with Crippen LogP contribution in [0.25, 0.3) is 6.08 Å². The molecule has 1 saturated heterocycles. The predicted octanol–water partition coefficient (Wildman–Crippen LogP) is 2.61. The first-order valence-corrected chi connectivity index (χ1v) is 8.43. The molecule has 1 fully saturated rings. The molecule has 2 aromatic rings. The smallest absolute Gasteiger partial charge is 0.248 e. The van der Waals surface area contributed by atoms with Crippen molar-refractivity contribution in [3.63, 3.8) is 0 Å². The van der Waals surface area contributed by atoms with Gasteiger partial charge in [-0.2, -0.15) is 0 Å². The highest BCUT2D eigenvalue weighted by molar-refractivity contribution is 7.10. The van der Waals surface area contributed by atoms with Gasteiger partial charge in [0.05, 0.1) is 5.92 Å². The highest BCUT2D eigenvalue weighted by atomic mass is 32.1. The number of rotatable bonds is 5. The minimum Gasteiger partial charge on any atom is -0.323 e. The third kappa shape index (κ3) is 4.17. The topological polar surface area (TPSA) is 75.3 Å². The minimum atomic E-state index is -0.299. The Morgan fingerprint density at radius 2 is 2.04 bits per heavy atom. The summed E-state index contributed by atoms with van der Waals surface area (Å²) in [4.78, 5) is 35.7. The molecule has 1 atom stereocenters. The van der Waals surface area contributed by atoms with Crippen LogP contribution in [0, 0.1) is 5.92 Å². The van der Waals surface area contributed by atoms with E-state index in [1.54, 1.807) is 29.5 Å². The Bertz CT molecular complexity index is 779. The fourth-order valence-electron chi connectivity index (χ4n) is 2.51. The largest absolute Gasteiger partial charge is 0.323 e. The Morgan fingerprint density at radius 1 is 1.25 bits per heavy atom. The second-order valence-electron chi connectivity index (χ2n) is 5.55. The average molecular weight is 340 g/mol. The number of carbonyl (C=O) groups excluding carboxylic acids is 3. The van der Waals surface area contributed by atoms with Crippen LogP contribution in [0.4, 0.5) is 5.69 Å². The van der Waals surface area contributed by atoms with E-state index in [4.69, 9.17) is 0 Å². The number of hydrogen-bond acceptors (Lipinski definition) is 4. The van der Waals surface area contributed by atoms with Crippen molar-refractivity contribution in [1.82, 2.24) is 5.32 Å². The molecule has 1 aliphatic rings. The number of thiophene rings is 1. The second kappa shape index (κ2) is 7.23. The number of anilines is 1.